The van der Waals surface area contributed by atoms with E-state index in [0.29, 0.717) is 11.6 Å². The summed E-state index contributed by atoms with van der Waals surface area (Å²) in [6.45, 7) is 0.519. The lowest BCUT2D eigenvalue weighted by Crippen LogP contribution is -2.14. The number of rotatable bonds is 4. The van der Waals surface area contributed by atoms with Gasteiger partial charge >= 0.3 is 0 Å². The Morgan fingerprint density at radius 1 is 1.27 bits per heavy atom. The van der Waals surface area contributed by atoms with Crippen LogP contribution in [-0.2, 0) is 6.54 Å². The van der Waals surface area contributed by atoms with E-state index in [1.807, 2.05) is 12.1 Å². The number of H-pyrrole nitrogens is 1. The minimum absolute atomic E-state index is 0.163. The van der Waals surface area contributed by atoms with Crippen molar-refractivity contribution in [1.29, 1.82) is 0 Å². The quantitative estimate of drug-likeness (QED) is 0.766. The van der Waals surface area contributed by atoms with Crippen molar-refractivity contribution in [2.75, 3.05) is 5.32 Å². The van der Waals surface area contributed by atoms with Crippen LogP contribution in [0.2, 0.25) is 10.0 Å². The molecule has 112 valence electrons. The molecule has 0 atom stereocenters. The zero-order valence-corrected chi connectivity index (χ0v) is 12.6. The Balaban J connectivity index is 1.67. The summed E-state index contributed by atoms with van der Waals surface area (Å²) in [6, 6.07) is 7.40. The van der Waals surface area contributed by atoms with Gasteiger partial charge in [0, 0.05) is 5.02 Å². The second-order valence-corrected chi connectivity index (χ2v) is 5.28. The van der Waals surface area contributed by atoms with E-state index < -0.39 is 5.91 Å². The molecule has 0 aliphatic carbocycles. The van der Waals surface area contributed by atoms with Gasteiger partial charge in [0.2, 0.25) is 5.95 Å². The van der Waals surface area contributed by atoms with E-state index in [1.165, 1.54) is 12.5 Å². The molecule has 1 amide bonds. The zero-order valence-electron chi connectivity index (χ0n) is 11.1. The van der Waals surface area contributed by atoms with Gasteiger partial charge in [0.25, 0.3) is 5.91 Å². The van der Waals surface area contributed by atoms with Crippen LogP contribution in [0.3, 0.4) is 0 Å². The third-order valence-electron chi connectivity index (χ3n) is 2.84. The van der Waals surface area contributed by atoms with Crippen LogP contribution in [0, 0.1) is 0 Å². The van der Waals surface area contributed by atoms with Gasteiger partial charge in [-0.05, 0) is 17.7 Å². The molecule has 3 aromatic rings. The Morgan fingerprint density at radius 2 is 2.05 bits per heavy atom. The normalized spacial score (nSPS) is 10.6. The molecule has 0 aliphatic rings. The molecule has 0 radical (unpaired) electrons. The highest BCUT2D eigenvalue weighted by Crippen LogP contribution is 2.13. The number of hydrogen-bond donors (Lipinski definition) is 2. The van der Waals surface area contributed by atoms with Gasteiger partial charge in [-0.2, -0.15) is 5.10 Å². The van der Waals surface area contributed by atoms with E-state index >= 15 is 0 Å². The highest BCUT2D eigenvalue weighted by molar-refractivity contribution is 6.34. The van der Waals surface area contributed by atoms with Crippen LogP contribution in [0.4, 0.5) is 5.95 Å². The fourth-order valence-electron chi connectivity index (χ4n) is 1.80. The number of carbonyl (C=O) groups excluding carboxylic acids is 1. The lowest BCUT2D eigenvalue weighted by atomic mass is 10.2. The van der Waals surface area contributed by atoms with Crippen molar-refractivity contribution in [3.8, 4) is 0 Å². The van der Waals surface area contributed by atoms with Crippen molar-refractivity contribution < 1.29 is 4.79 Å². The number of hydrogen-bond acceptors (Lipinski definition) is 4. The summed E-state index contributed by atoms with van der Waals surface area (Å²) in [5.41, 5.74) is 1.18. The average Bonchev–Trinajstić information content (AvgIpc) is 3.10. The maximum Gasteiger partial charge on any atom is 0.277 e. The predicted molar refractivity (Wildman–Crippen MR) is 82.1 cm³/mol. The second kappa shape index (κ2) is 6.17. The van der Waals surface area contributed by atoms with Crippen LogP contribution in [0.5, 0.6) is 0 Å². The number of halogens is 2. The molecule has 0 bridgehead atoms. The molecular formula is C13H10Cl2N6O. The third-order valence-corrected chi connectivity index (χ3v) is 3.38. The van der Waals surface area contributed by atoms with Crippen LogP contribution in [0.1, 0.15) is 16.1 Å². The van der Waals surface area contributed by atoms with Crippen molar-refractivity contribution >= 4 is 35.1 Å². The smallest absolute Gasteiger partial charge is 0.277 e. The van der Waals surface area contributed by atoms with Gasteiger partial charge in [0.1, 0.15) is 12.0 Å². The topological polar surface area (TPSA) is 88.5 Å². The summed E-state index contributed by atoms with van der Waals surface area (Å²) in [7, 11) is 0. The van der Waals surface area contributed by atoms with E-state index in [1.54, 1.807) is 16.8 Å². The number of aromatic nitrogens is 5. The standard InChI is InChI=1S/C13H10Cl2N6O/c14-9-3-1-8(2-4-9)6-21-7-16-13(20-21)18-12(22)11-10(15)5-17-19-11/h1-5,7H,6H2,(H,17,19)(H,18,20,22). The number of nitrogens with one attached hydrogen (secondary N) is 2. The van der Waals surface area contributed by atoms with Gasteiger partial charge in [-0.1, -0.05) is 35.3 Å². The summed E-state index contributed by atoms with van der Waals surface area (Å²) in [4.78, 5) is 16.0. The summed E-state index contributed by atoms with van der Waals surface area (Å²) in [5, 5.41) is 13.8. The van der Waals surface area contributed by atoms with Gasteiger partial charge in [-0.15, -0.1) is 5.10 Å². The Bertz CT molecular complexity index is 795. The van der Waals surface area contributed by atoms with Gasteiger partial charge in [0.05, 0.1) is 17.8 Å². The molecule has 2 N–H and O–H groups in total. The fourth-order valence-corrected chi connectivity index (χ4v) is 2.10. The monoisotopic (exact) mass is 336 g/mol. The van der Waals surface area contributed by atoms with Crippen LogP contribution < -0.4 is 5.32 Å². The molecule has 1 aromatic carbocycles. The van der Waals surface area contributed by atoms with Crippen LogP contribution in [0.25, 0.3) is 0 Å². The van der Waals surface area contributed by atoms with Crippen LogP contribution >= 0.6 is 23.2 Å². The largest absolute Gasteiger partial charge is 0.288 e. The predicted octanol–water partition coefficient (Wildman–Crippen LogP) is 2.61. The maximum absolute atomic E-state index is 11.9. The Morgan fingerprint density at radius 3 is 2.73 bits per heavy atom. The van der Waals surface area contributed by atoms with Crippen molar-refractivity contribution in [3.05, 3.63) is 58.1 Å². The molecule has 0 unspecified atom stereocenters. The number of amides is 1. The van der Waals surface area contributed by atoms with Crippen molar-refractivity contribution in [2.24, 2.45) is 0 Å². The highest BCUT2D eigenvalue weighted by atomic mass is 35.5. The summed E-state index contributed by atoms with van der Waals surface area (Å²) >= 11 is 11.7. The SMILES string of the molecule is O=C(Nc1ncn(Cc2ccc(Cl)cc2)n1)c1[nH]ncc1Cl. The lowest BCUT2D eigenvalue weighted by Gasteiger charge is -2.01. The molecule has 7 nitrogen and oxygen atoms in total. The Kier molecular flexibility index (Phi) is 4.08. The minimum atomic E-state index is -0.452. The maximum atomic E-state index is 11.9. The molecule has 0 saturated heterocycles. The van der Waals surface area contributed by atoms with Gasteiger partial charge in [-0.25, -0.2) is 9.67 Å². The molecule has 9 heteroatoms. The van der Waals surface area contributed by atoms with Crippen LogP contribution in [0.15, 0.2) is 36.8 Å². The number of aromatic amines is 1. The molecule has 0 saturated carbocycles. The molecule has 0 fully saturated rings. The molecule has 2 aromatic heterocycles. The van der Waals surface area contributed by atoms with E-state index in [0.717, 1.165) is 5.56 Å². The lowest BCUT2D eigenvalue weighted by molar-refractivity contribution is 0.102. The van der Waals surface area contributed by atoms with Crippen LogP contribution in [-0.4, -0.2) is 30.9 Å². The second-order valence-electron chi connectivity index (χ2n) is 4.44. The molecule has 3 rings (SSSR count). The number of benzene rings is 1. The van der Waals surface area contributed by atoms with Crippen molar-refractivity contribution in [2.45, 2.75) is 6.54 Å². The first-order chi connectivity index (χ1) is 10.6. The molecule has 22 heavy (non-hydrogen) atoms. The third kappa shape index (κ3) is 3.26. The summed E-state index contributed by atoms with van der Waals surface area (Å²) in [5.74, 6) is -0.267. The molecule has 0 spiro atoms. The Hall–Kier alpha value is -2.38. The van der Waals surface area contributed by atoms with E-state index in [4.69, 9.17) is 23.2 Å². The Labute approximate surface area is 135 Å². The molecule has 2 heterocycles. The number of nitrogens with zero attached hydrogens (tertiary/aromatic N) is 4. The molecular weight excluding hydrogens is 327 g/mol. The first-order valence-corrected chi connectivity index (χ1v) is 7.01. The zero-order chi connectivity index (χ0) is 15.5. The van der Waals surface area contributed by atoms with E-state index in [-0.39, 0.29) is 16.7 Å². The summed E-state index contributed by atoms with van der Waals surface area (Å²) < 4.78 is 1.60. The van der Waals surface area contributed by atoms with Crippen molar-refractivity contribution in [1.82, 2.24) is 25.0 Å². The first kappa shape index (κ1) is 14.6. The summed E-state index contributed by atoms with van der Waals surface area (Å²) in [6.07, 6.45) is 2.88. The fraction of sp³-hybridized carbons (Fsp3) is 0.0769. The van der Waals surface area contributed by atoms with Gasteiger partial charge < -0.3 is 0 Å². The van der Waals surface area contributed by atoms with Gasteiger partial charge in [-0.3, -0.25) is 15.2 Å². The molecule has 0 aliphatic heterocycles. The highest BCUT2D eigenvalue weighted by Gasteiger charge is 2.14. The number of anilines is 1. The number of carbonyl (C=O) groups is 1. The van der Waals surface area contributed by atoms with Gasteiger partial charge in [0.15, 0.2) is 0 Å². The van der Waals surface area contributed by atoms with E-state index in [9.17, 15) is 4.79 Å². The van der Waals surface area contributed by atoms with E-state index in [2.05, 4.69) is 25.6 Å². The van der Waals surface area contributed by atoms with Crippen molar-refractivity contribution in [3.63, 3.8) is 0 Å². The minimum Gasteiger partial charge on any atom is -0.288 e. The first-order valence-electron chi connectivity index (χ1n) is 6.26. The average molecular weight is 337 g/mol.